The number of rotatable bonds is 8. The quantitative estimate of drug-likeness (QED) is 0.707. The van der Waals surface area contributed by atoms with E-state index in [0.29, 0.717) is 25.0 Å². The van der Waals surface area contributed by atoms with Crippen molar-refractivity contribution in [2.45, 2.75) is 33.1 Å². The number of ether oxygens (including phenoxy) is 1. The molecule has 0 aromatic carbocycles. The van der Waals surface area contributed by atoms with Crippen molar-refractivity contribution in [2.75, 3.05) is 54.9 Å². The topological polar surface area (TPSA) is 75.2 Å². The molecule has 2 N–H and O–H groups in total. The molecule has 1 aliphatic heterocycles. The lowest BCUT2D eigenvalue weighted by Crippen LogP contribution is -2.31. The minimum absolute atomic E-state index is 0.612. The van der Waals surface area contributed by atoms with Crippen molar-refractivity contribution >= 4 is 17.8 Å². The lowest BCUT2D eigenvalue weighted by molar-refractivity contribution is 0.158. The lowest BCUT2D eigenvalue weighted by Gasteiger charge is -2.27. The molecule has 1 aromatic rings. The maximum absolute atomic E-state index is 5.32. The van der Waals surface area contributed by atoms with E-state index in [4.69, 9.17) is 4.74 Å². The summed E-state index contributed by atoms with van der Waals surface area (Å²) in [5.41, 5.74) is 0. The van der Waals surface area contributed by atoms with E-state index in [1.165, 1.54) is 19.3 Å². The summed E-state index contributed by atoms with van der Waals surface area (Å²) >= 11 is 0. The predicted octanol–water partition coefficient (Wildman–Crippen LogP) is 1.74. The van der Waals surface area contributed by atoms with Crippen molar-refractivity contribution < 1.29 is 4.74 Å². The zero-order valence-corrected chi connectivity index (χ0v) is 13.1. The number of piperidine rings is 1. The van der Waals surface area contributed by atoms with Gasteiger partial charge in [-0.25, -0.2) is 0 Å². The molecular formula is C14H26N6O. The second kappa shape index (κ2) is 8.61. The summed E-state index contributed by atoms with van der Waals surface area (Å²) < 4.78 is 5.32. The Hall–Kier alpha value is -1.63. The third-order valence-corrected chi connectivity index (χ3v) is 3.33. The maximum Gasteiger partial charge on any atom is 0.231 e. The number of hydrogen-bond acceptors (Lipinski definition) is 7. The third-order valence-electron chi connectivity index (χ3n) is 3.33. The largest absolute Gasteiger partial charge is 0.380 e. The van der Waals surface area contributed by atoms with E-state index < -0.39 is 0 Å². The van der Waals surface area contributed by atoms with Crippen molar-refractivity contribution in [1.82, 2.24) is 15.0 Å². The van der Waals surface area contributed by atoms with Crippen LogP contribution in [0.2, 0.25) is 0 Å². The zero-order valence-electron chi connectivity index (χ0n) is 13.1. The van der Waals surface area contributed by atoms with Crippen LogP contribution in [0, 0.1) is 0 Å². The van der Waals surface area contributed by atoms with E-state index in [1.54, 1.807) is 0 Å². The molecule has 0 aliphatic carbocycles. The Morgan fingerprint density at radius 1 is 1.00 bits per heavy atom. The second-order valence-corrected chi connectivity index (χ2v) is 4.98. The highest BCUT2D eigenvalue weighted by Gasteiger charge is 2.15. The van der Waals surface area contributed by atoms with Crippen LogP contribution in [0.15, 0.2) is 0 Å². The molecule has 7 heteroatoms. The number of anilines is 3. The molecule has 0 radical (unpaired) electrons. The van der Waals surface area contributed by atoms with Gasteiger partial charge in [0, 0.05) is 32.8 Å². The van der Waals surface area contributed by atoms with Gasteiger partial charge in [0.2, 0.25) is 17.8 Å². The highest BCUT2D eigenvalue weighted by molar-refractivity contribution is 5.44. The molecule has 2 rings (SSSR count). The monoisotopic (exact) mass is 294 g/mol. The van der Waals surface area contributed by atoms with Crippen LogP contribution in [0.4, 0.5) is 17.8 Å². The van der Waals surface area contributed by atoms with Gasteiger partial charge in [-0.05, 0) is 33.1 Å². The number of hydrogen-bond donors (Lipinski definition) is 2. The van der Waals surface area contributed by atoms with E-state index in [2.05, 4.69) is 30.5 Å². The molecule has 21 heavy (non-hydrogen) atoms. The van der Waals surface area contributed by atoms with Gasteiger partial charge in [-0.3, -0.25) is 0 Å². The molecule has 1 aromatic heterocycles. The Morgan fingerprint density at radius 3 is 2.38 bits per heavy atom. The molecule has 1 fully saturated rings. The number of nitrogens with zero attached hydrogens (tertiary/aromatic N) is 4. The van der Waals surface area contributed by atoms with Crippen LogP contribution in [0.1, 0.15) is 33.1 Å². The third kappa shape index (κ3) is 5.00. The standard InChI is InChI=1S/C14H26N6O/c1-3-15-12-17-13(16-8-11-21-4-2)19-14(18-12)20-9-6-5-7-10-20/h3-11H2,1-2H3,(H2,15,16,17,18,19). The molecule has 0 unspecified atom stereocenters. The van der Waals surface area contributed by atoms with Gasteiger partial charge < -0.3 is 20.3 Å². The predicted molar refractivity (Wildman–Crippen MR) is 85.0 cm³/mol. The lowest BCUT2D eigenvalue weighted by atomic mass is 10.1. The van der Waals surface area contributed by atoms with E-state index in [9.17, 15) is 0 Å². The van der Waals surface area contributed by atoms with E-state index in [-0.39, 0.29) is 0 Å². The summed E-state index contributed by atoms with van der Waals surface area (Å²) in [6.07, 6.45) is 3.70. The fourth-order valence-corrected chi connectivity index (χ4v) is 2.30. The van der Waals surface area contributed by atoms with E-state index in [0.717, 1.165) is 32.2 Å². The molecule has 0 saturated carbocycles. The Balaban J connectivity index is 2.05. The second-order valence-electron chi connectivity index (χ2n) is 4.98. The van der Waals surface area contributed by atoms with Gasteiger partial charge >= 0.3 is 0 Å². The Morgan fingerprint density at radius 2 is 1.71 bits per heavy atom. The average molecular weight is 294 g/mol. The Bertz CT molecular complexity index is 422. The smallest absolute Gasteiger partial charge is 0.231 e. The van der Waals surface area contributed by atoms with Crippen LogP contribution in [0.3, 0.4) is 0 Å². The molecule has 118 valence electrons. The van der Waals surface area contributed by atoms with E-state index in [1.807, 2.05) is 13.8 Å². The van der Waals surface area contributed by atoms with Crippen molar-refractivity contribution in [3.63, 3.8) is 0 Å². The van der Waals surface area contributed by atoms with Crippen LogP contribution in [-0.2, 0) is 4.74 Å². The first-order valence-corrected chi connectivity index (χ1v) is 7.90. The first kappa shape index (κ1) is 15.8. The molecular weight excluding hydrogens is 268 g/mol. The van der Waals surface area contributed by atoms with Gasteiger partial charge in [-0.2, -0.15) is 15.0 Å². The molecule has 1 saturated heterocycles. The van der Waals surface area contributed by atoms with Crippen LogP contribution in [0.5, 0.6) is 0 Å². The molecule has 7 nitrogen and oxygen atoms in total. The first-order chi connectivity index (χ1) is 10.3. The van der Waals surface area contributed by atoms with Crippen molar-refractivity contribution in [2.24, 2.45) is 0 Å². The maximum atomic E-state index is 5.32. The normalized spacial score (nSPS) is 15.0. The number of aromatic nitrogens is 3. The Kier molecular flexibility index (Phi) is 6.46. The van der Waals surface area contributed by atoms with Crippen molar-refractivity contribution in [3.8, 4) is 0 Å². The van der Waals surface area contributed by atoms with Gasteiger partial charge in [0.05, 0.1) is 6.61 Å². The van der Waals surface area contributed by atoms with Crippen molar-refractivity contribution in [3.05, 3.63) is 0 Å². The summed E-state index contributed by atoms with van der Waals surface area (Å²) in [6, 6.07) is 0. The summed E-state index contributed by atoms with van der Waals surface area (Å²) in [4.78, 5) is 15.7. The van der Waals surface area contributed by atoms with Gasteiger partial charge in [-0.15, -0.1) is 0 Å². The summed E-state index contributed by atoms with van der Waals surface area (Å²) in [7, 11) is 0. The van der Waals surface area contributed by atoms with Crippen LogP contribution >= 0.6 is 0 Å². The van der Waals surface area contributed by atoms with Gasteiger partial charge in [0.15, 0.2) is 0 Å². The van der Waals surface area contributed by atoms with Gasteiger partial charge in [-0.1, -0.05) is 0 Å². The molecule has 0 atom stereocenters. The highest BCUT2D eigenvalue weighted by Crippen LogP contribution is 2.18. The average Bonchev–Trinajstić information content (AvgIpc) is 2.53. The SMILES string of the molecule is CCNc1nc(NCCOCC)nc(N2CCCCC2)n1. The van der Waals surface area contributed by atoms with Crippen LogP contribution in [0.25, 0.3) is 0 Å². The van der Waals surface area contributed by atoms with Gasteiger partial charge in [0.25, 0.3) is 0 Å². The van der Waals surface area contributed by atoms with Crippen molar-refractivity contribution in [1.29, 1.82) is 0 Å². The fourth-order valence-electron chi connectivity index (χ4n) is 2.30. The van der Waals surface area contributed by atoms with Gasteiger partial charge in [0.1, 0.15) is 0 Å². The van der Waals surface area contributed by atoms with Crippen LogP contribution in [-0.4, -0.2) is 54.3 Å². The Labute approximate surface area is 126 Å². The molecule has 2 heterocycles. The molecule has 0 amide bonds. The molecule has 0 spiro atoms. The van der Waals surface area contributed by atoms with E-state index >= 15 is 0 Å². The minimum Gasteiger partial charge on any atom is -0.380 e. The summed E-state index contributed by atoms with van der Waals surface area (Å²) in [5, 5.41) is 6.37. The van der Waals surface area contributed by atoms with Crippen LogP contribution < -0.4 is 15.5 Å². The summed E-state index contributed by atoms with van der Waals surface area (Å²) in [5.74, 6) is 2.01. The summed E-state index contributed by atoms with van der Waals surface area (Å²) in [6.45, 7) is 8.93. The first-order valence-electron chi connectivity index (χ1n) is 7.90. The molecule has 1 aliphatic rings. The molecule has 0 bridgehead atoms. The fraction of sp³-hybridized carbons (Fsp3) is 0.786. The zero-order chi connectivity index (χ0) is 14.9. The number of nitrogens with one attached hydrogen (secondary N) is 2. The highest BCUT2D eigenvalue weighted by atomic mass is 16.5. The minimum atomic E-state index is 0.612.